The van der Waals surface area contributed by atoms with Gasteiger partial charge in [0, 0.05) is 22.8 Å². The van der Waals surface area contributed by atoms with Gasteiger partial charge in [0.1, 0.15) is 5.58 Å². The number of carbonyl (C=O) groups excluding carboxylic acids is 1. The number of halogens is 1. The van der Waals surface area contributed by atoms with E-state index in [4.69, 9.17) is 16.0 Å². The van der Waals surface area contributed by atoms with Crippen molar-refractivity contribution < 1.29 is 14.1 Å². The summed E-state index contributed by atoms with van der Waals surface area (Å²) >= 11 is 6.07. The van der Waals surface area contributed by atoms with E-state index in [1.807, 2.05) is 6.07 Å². The lowest BCUT2D eigenvalue weighted by molar-refractivity contribution is -0.384. The first kappa shape index (κ1) is 19.0. The maximum Gasteiger partial charge on any atom is 0.295 e. The van der Waals surface area contributed by atoms with Gasteiger partial charge >= 0.3 is 0 Å². The maximum absolute atomic E-state index is 13.4. The fraction of sp³-hybridized carbons (Fsp3) is 0.0435. The van der Waals surface area contributed by atoms with Gasteiger partial charge < -0.3 is 4.42 Å². The first-order valence-corrected chi connectivity index (χ1v) is 9.73. The van der Waals surface area contributed by atoms with Crippen molar-refractivity contribution in [1.82, 2.24) is 0 Å². The molecule has 152 valence electrons. The van der Waals surface area contributed by atoms with Gasteiger partial charge in [-0.2, -0.15) is 0 Å². The van der Waals surface area contributed by atoms with E-state index in [2.05, 4.69) is 0 Å². The van der Waals surface area contributed by atoms with E-state index in [1.165, 1.54) is 23.1 Å². The number of fused-ring (bicyclic) bond motifs is 2. The summed E-state index contributed by atoms with van der Waals surface area (Å²) in [4.78, 5) is 38.9. The average molecular weight is 433 g/mol. The summed E-state index contributed by atoms with van der Waals surface area (Å²) in [6.45, 7) is 0. The van der Waals surface area contributed by atoms with Crippen LogP contribution in [0.2, 0.25) is 5.02 Å². The highest BCUT2D eigenvalue weighted by Crippen LogP contribution is 2.41. The Labute approximate surface area is 180 Å². The highest BCUT2D eigenvalue weighted by Gasteiger charge is 2.43. The number of para-hydroxylation sites is 1. The zero-order valence-electron chi connectivity index (χ0n) is 15.8. The van der Waals surface area contributed by atoms with Gasteiger partial charge in [-0.15, -0.1) is 0 Å². The summed E-state index contributed by atoms with van der Waals surface area (Å²) in [7, 11) is 0. The van der Waals surface area contributed by atoms with Crippen molar-refractivity contribution in [3.8, 4) is 0 Å². The molecule has 4 aromatic rings. The third-order valence-electron chi connectivity index (χ3n) is 5.29. The van der Waals surface area contributed by atoms with E-state index in [9.17, 15) is 19.7 Å². The molecule has 7 nitrogen and oxygen atoms in total. The van der Waals surface area contributed by atoms with Crippen LogP contribution in [0.1, 0.15) is 27.7 Å². The van der Waals surface area contributed by atoms with Crippen LogP contribution in [0.4, 0.5) is 11.4 Å². The number of hydrogen-bond acceptors (Lipinski definition) is 5. The fourth-order valence-electron chi connectivity index (χ4n) is 3.89. The van der Waals surface area contributed by atoms with Crippen molar-refractivity contribution in [3.63, 3.8) is 0 Å². The van der Waals surface area contributed by atoms with Crippen molar-refractivity contribution in [2.24, 2.45) is 0 Å². The molecule has 3 aromatic carbocycles. The first-order chi connectivity index (χ1) is 15.0. The van der Waals surface area contributed by atoms with Crippen LogP contribution in [-0.4, -0.2) is 10.8 Å². The van der Waals surface area contributed by atoms with Crippen molar-refractivity contribution in [2.75, 3.05) is 4.90 Å². The second-order valence-electron chi connectivity index (χ2n) is 7.08. The van der Waals surface area contributed by atoms with Gasteiger partial charge in [0.2, 0.25) is 5.76 Å². The van der Waals surface area contributed by atoms with Crippen LogP contribution in [0.25, 0.3) is 11.0 Å². The number of nitrogens with zero attached hydrogens (tertiary/aromatic N) is 2. The van der Waals surface area contributed by atoms with Gasteiger partial charge in [0.15, 0.2) is 5.43 Å². The number of rotatable bonds is 3. The van der Waals surface area contributed by atoms with Gasteiger partial charge in [0.25, 0.3) is 11.6 Å². The summed E-state index contributed by atoms with van der Waals surface area (Å²) in [5.41, 5.74) is 1.11. The Kier molecular flexibility index (Phi) is 4.34. The summed E-state index contributed by atoms with van der Waals surface area (Å²) in [6, 6.07) is 18.5. The summed E-state index contributed by atoms with van der Waals surface area (Å²) in [5, 5.41) is 11.7. The van der Waals surface area contributed by atoms with Gasteiger partial charge in [-0.25, -0.2) is 0 Å². The SMILES string of the molecule is O=C1c2oc3ccc(Cl)cc3c(=O)c2C(c2ccc([N+](=O)[O-])cc2)N1c1ccccc1. The zero-order valence-corrected chi connectivity index (χ0v) is 16.6. The topological polar surface area (TPSA) is 93.7 Å². The minimum Gasteiger partial charge on any atom is -0.450 e. The largest absolute Gasteiger partial charge is 0.450 e. The fourth-order valence-corrected chi connectivity index (χ4v) is 4.07. The molecule has 0 bridgehead atoms. The molecule has 1 amide bonds. The van der Waals surface area contributed by atoms with Gasteiger partial charge in [-0.3, -0.25) is 24.6 Å². The predicted octanol–water partition coefficient (Wildman–Crippen LogP) is 5.10. The van der Waals surface area contributed by atoms with Gasteiger partial charge in [0.05, 0.1) is 21.9 Å². The number of amides is 1. The Morgan fingerprint density at radius 2 is 1.68 bits per heavy atom. The number of non-ortho nitro benzene ring substituents is 1. The highest BCUT2D eigenvalue weighted by atomic mass is 35.5. The molecular weight excluding hydrogens is 420 g/mol. The van der Waals surface area contributed by atoms with Crippen LogP contribution in [0.15, 0.2) is 82.0 Å². The smallest absolute Gasteiger partial charge is 0.295 e. The van der Waals surface area contributed by atoms with E-state index in [0.29, 0.717) is 16.3 Å². The van der Waals surface area contributed by atoms with Crippen molar-refractivity contribution in [1.29, 1.82) is 0 Å². The molecule has 1 aromatic heterocycles. The second kappa shape index (κ2) is 7.07. The van der Waals surface area contributed by atoms with E-state index in [0.717, 1.165) is 0 Å². The summed E-state index contributed by atoms with van der Waals surface area (Å²) < 4.78 is 5.86. The molecule has 2 heterocycles. The lowest BCUT2D eigenvalue weighted by Gasteiger charge is -2.25. The highest BCUT2D eigenvalue weighted by molar-refractivity contribution is 6.31. The third kappa shape index (κ3) is 2.98. The van der Waals surface area contributed by atoms with Crippen LogP contribution in [0.3, 0.4) is 0 Å². The standard InChI is InChI=1S/C23H13ClN2O5/c24-14-8-11-18-17(12-14)21(27)19-20(13-6-9-16(10-7-13)26(29)30)25(23(28)22(19)31-18)15-4-2-1-3-5-15/h1-12,20H. The van der Waals surface area contributed by atoms with Crippen LogP contribution in [0.5, 0.6) is 0 Å². The quantitative estimate of drug-likeness (QED) is 0.331. The molecule has 1 unspecified atom stereocenters. The number of nitro benzene ring substituents is 1. The molecule has 5 rings (SSSR count). The Morgan fingerprint density at radius 1 is 0.968 bits per heavy atom. The van der Waals surface area contributed by atoms with E-state index in [-0.39, 0.29) is 33.4 Å². The van der Waals surface area contributed by atoms with Gasteiger partial charge in [-0.05, 0) is 48.0 Å². The third-order valence-corrected chi connectivity index (χ3v) is 5.52. The number of nitro groups is 1. The van der Waals surface area contributed by atoms with Crippen molar-refractivity contribution in [2.45, 2.75) is 6.04 Å². The monoisotopic (exact) mass is 432 g/mol. The minimum absolute atomic E-state index is 0.0490. The molecule has 0 saturated carbocycles. The van der Waals surface area contributed by atoms with Crippen molar-refractivity contribution in [3.05, 3.63) is 115 Å². The molecular formula is C23H13ClN2O5. The Bertz CT molecular complexity index is 1410. The lowest BCUT2D eigenvalue weighted by Crippen LogP contribution is -2.29. The first-order valence-electron chi connectivity index (χ1n) is 9.35. The second-order valence-corrected chi connectivity index (χ2v) is 7.51. The van der Waals surface area contributed by atoms with Crippen LogP contribution >= 0.6 is 11.6 Å². The normalized spacial score (nSPS) is 15.3. The number of hydrogen-bond donors (Lipinski definition) is 0. The summed E-state index contributed by atoms with van der Waals surface area (Å²) in [5.74, 6) is -0.509. The number of benzene rings is 3. The molecule has 0 saturated heterocycles. The number of carbonyl (C=O) groups is 1. The Hall–Kier alpha value is -3.97. The molecule has 31 heavy (non-hydrogen) atoms. The average Bonchev–Trinajstić information content (AvgIpc) is 3.07. The molecule has 0 N–H and O–H groups in total. The molecule has 1 aliphatic rings. The molecule has 0 spiro atoms. The Morgan fingerprint density at radius 3 is 2.35 bits per heavy atom. The van der Waals surface area contributed by atoms with E-state index >= 15 is 0 Å². The van der Waals surface area contributed by atoms with Crippen LogP contribution < -0.4 is 10.3 Å². The maximum atomic E-state index is 13.4. The summed E-state index contributed by atoms with van der Waals surface area (Å²) in [6.07, 6.45) is 0. The Balaban J connectivity index is 1.79. The van der Waals surface area contributed by atoms with Crippen LogP contribution in [0, 0.1) is 10.1 Å². The van der Waals surface area contributed by atoms with E-state index < -0.39 is 16.9 Å². The van der Waals surface area contributed by atoms with Crippen molar-refractivity contribution >= 4 is 39.9 Å². The van der Waals surface area contributed by atoms with Gasteiger partial charge in [-0.1, -0.05) is 29.8 Å². The molecule has 0 aliphatic carbocycles. The number of anilines is 1. The predicted molar refractivity (Wildman–Crippen MR) is 116 cm³/mol. The minimum atomic E-state index is -0.801. The van der Waals surface area contributed by atoms with Crippen LogP contribution in [-0.2, 0) is 0 Å². The molecule has 0 radical (unpaired) electrons. The molecule has 1 atom stereocenters. The molecule has 8 heteroatoms. The zero-order chi connectivity index (χ0) is 21.7. The molecule has 1 aliphatic heterocycles. The molecule has 0 fully saturated rings. The van der Waals surface area contributed by atoms with E-state index in [1.54, 1.807) is 48.5 Å². The lowest BCUT2D eigenvalue weighted by atomic mass is 9.98.